The first-order valence-electron chi connectivity index (χ1n) is 7.56. The summed E-state index contributed by atoms with van der Waals surface area (Å²) in [5.74, 6) is -1.13. The van der Waals surface area contributed by atoms with Crippen LogP contribution in [0.1, 0.15) is 38.3 Å². The van der Waals surface area contributed by atoms with Gasteiger partial charge in [0.2, 0.25) is 5.91 Å². The molecule has 0 fully saturated rings. The first-order chi connectivity index (χ1) is 11.6. The monoisotopic (exact) mass is 324 g/mol. The van der Waals surface area contributed by atoms with Crippen molar-refractivity contribution in [2.24, 2.45) is 0 Å². The summed E-state index contributed by atoms with van der Waals surface area (Å²) in [6.07, 6.45) is 0.477. The van der Waals surface area contributed by atoms with Gasteiger partial charge in [0, 0.05) is 6.42 Å². The summed E-state index contributed by atoms with van der Waals surface area (Å²) in [6.45, 7) is 0.232. The Labute approximate surface area is 138 Å². The van der Waals surface area contributed by atoms with Gasteiger partial charge in [-0.3, -0.25) is 24.5 Å². The molecular formula is C18H16N2O4. The molecule has 6 nitrogen and oxygen atoms in total. The number of carbonyl (C=O) groups excluding carboxylic acids is 3. The van der Waals surface area contributed by atoms with Crippen molar-refractivity contribution in [3.8, 4) is 0 Å². The van der Waals surface area contributed by atoms with Crippen molar-refractivity contribution in [1.29, 1.82) is 0 Å². The van der Waals surface area contributed by atoms with Crippen LogP contribution in [0.2, 0.25) is 0 Å². The fourth-order valence-electron chi connectivity index (χ4n) is 2.72. The van der Waals surface area contributed by atoms with Gasteiger partial charge in [-0.15, -0.1) is 0 Å². The van der Waals surface area contributed by atoms with Crippen LogP contribution in [0.3, 0.4) is 0 Å². The van der Waals surface area contributed by atoms with Crippen LogP contribution in [-0.4, -0.2) is 27.8 Å². The first kappa shape index (κ1) is 15.9. The van der Waals surface area contributed by atoms with E-state index in [0.717, 1.165) is 11.1 Å². The Hall–Kier alpha value is -2.99. The van der Waals surface area contributed by atoms with E-state index in [1.54, 1.807) is 23.7 Å². The third-order valence-electron chi connectivity index (χ3n) is 3.98. The number of amides is 3. The van der Waals surface area contributed by atoms with Gasteiger partial charge >= 0.3 is 0 Å². The lowest BCUT2D eigenvalue weighted by molar-refractivity contribution is -0.129. The minimum atomic E-state index is -0.497. The van der Waals surface area contributed by atoms with Crippen molar-refractivity contribution in [2.75, 3.05) is 0 Å². The zero-order valence-electron chi connectivity index (χ0n) is 12.9. The molecule has 1 heterocycles. The highest BCUT2D eigenvalue weighted by atomic mass is 16.5. The molecule has 24 heavy (non-hydrogen) atoms. The normalized spacial score (nSPS) is 13.1. The third kappa shape index (κ3) is 3.04. The lowest BCUT2D eigenvalue weighted by Crippen LogP contribution is -2.29. The molecule has 0 aliphatic carbocycles. The Balaban J connectivity index is 1.79. The van der Waals surface area contributed by atoms with E-state index in [0.29, 0.717) is 17.5 Å². The Kier molecular flexibility index (Phi) is 4.39. The molecule has 1 aliphatic rings. The minimum absolute atomic E-state index is 0.102. The summed E-state index contributed by atoms with van der Waals surface area (Å²) >= 11 is 0. The molecule has 0 atom stereocenters. The summed E-state index contributed by atoms with van der Waals surface area (Å²) in [4.78, 5) is 37.3. The molecule has 122 valence electrons. The van der Waals surface area contributed by atoms with Gasteiger partial charge in [0.1, 0.15) is 0 Å². The van der Waals surface area contributed by atoms with Crippen LogP contribution >= 0.6 is 0 Å². The van der Waals surface area contributed by atoms with E-state index in [4.69, 9.17) is 5.21 Å². The number of hydrogen-bond donors (Lipinski definition) is 2. The van der Waals surface area contributed by atoms with E-state index in [1.807, 2.05) is 30.3 Å². The van der Waals surface area contributed by atoms with Crippen LogP contribution in [0.5, 0.6) is 0 Å². The van der Waals surface area contributed by atoms with Gasteiger partial charge in [0.05, 0.1) is 17.7 Å². The fraction of sp³-hybridized carbons (Fsp3) is 0.167. The van der Waals surface area contributed by atoms with Crippen molar-refractivity contribution in [3.63, 3.8) is 0 Å². The average Bonchev–Trinajstić information content (AvgIpc) is 2.85. The van der Waals surface area contributed by atoms with E-state index in [9.17, 15) is 14.4 Å². The van der Waals surface area contributed by atoms with Crippen LogP contribution in [0.25, 0.3) is 0 Å². The van der Waals surface area contributed by atoms with E-state index in [2.05, 4.69) is 0 Å². The van der Waals surface area contributed by atoms with Gasteiger partial charge in [-0.2, -0.15) is 0 Å². The summed E-state index contributed by atoms with van der Waals surface area (Å²) < 4.78 is 0. The minimum Gasteiger partial charge on any atom is -0.289 e. The van der Waals surface area contributed by atoms with Gasteiger partial charge in [0.15, 0.2) is 0 Å². The molecule has 0 saturated heterocycles. The number of hydrogen-bond acceptors (Lipinski definition) is 4. The summed E-state index contributed by atoms with van der Waals surface area (Å²) in [7, 11) is 0. The molecule has 1 aliphatic heterocycles. The Morgan fingerprint density at radius 3 is 2.38 bits per heavy atom. The van der Waals surface area contributed by atoms with Crippen LogP contribution in [0.15, 0.2) is 48.5 Å². The number of benzene rings is 2. The molecular weight excluding hydrogens is 308 g/mol. The smallest absolute Gasteiger partial charge is 0.261 e. The van der Waals surface area contributed by atoms with Gasteiger partial charge in [0.25, 0.3) is 11.8 Å². The lowest BCUT2D eigenvalue weighted by atomic mass is 10.0. The summed E-state index contributed by atoms with van der Waals surface area (Å²) in [5, 5.41) is 8.51. The highest BCUT2D eigenvalue weighted by Gasteiger charge is 2.35. The van der Waals surface area contributed by atoms with Crippen molar-refractivity contribution >= 4 is 17.7 Å². The number of hydroxylamine groups is 1. The van der Waals surface area contributed by atoms with Crippen molar-refractivity contribution in [3.05, 3.63) is 70.8 Å². The highest BCUT2D eigenvalue weighted by molar-refractivity contribution is 6.21. The molecule has 0 spiro atoms. The van der Waals surface area contributed by atoms with E-state index in [-0.39, 0.29) is 24.8 Å². The van der Waals surface area contributed by atoms with Crippen LogP contribution in [0, 0.1) is 0 Å². The maximum absolute atomic E-state index is 12.5. The van der Waals surface area contributed by atoms with Crippen molar-refractivity contribution in [1.82, 2.24) is 10.4 Å². The molecule has 3 rings (SSSR count). The Bertz CT molecular complexity index is 802. The SMILES string of the molecule is O=C(CCc1ccc2c(c1)C(=O)N(Cc1ccccc1)C2=O)NO. The lowest BCUT2D eigenvalue weighted by Gasteiger charge is -2.13. The Morgan fingerprint density at radius 1 is 0.958 bits per heavy atom. The number of nitrogens with zero attached hydrogens (tertiary/aromatic N) is 1. The third-order valence-corrected chi connectivity index (χ3v) is 3.98. The maximum Gasteiger partial charge on any atom is 0.261 e. The zero-order valence-corrected chi connectivity index (χ0v) is 12.9. The van der Waals surface area contributed by atoms with Crippen molar-refractivity contribution in [2.45, 2.75) is 19.4 Å². The van der Waals surface area contributed by atoms with E-state index < -0.39 is 5.91 Å². The van der Waals surface area contributed by atoms with Crippen LogP contribution in [-0.2, 0) is 17.8 Å². The summed E-state index contributed by atoms with van der Waals surface area (Å²) in [6, 6.07) is 14.3. The van der Waals surface area contributed by atoms with Gasteiger partial charge < -0.3 is 0 Å². The second-order valence-corrected chi connectivity index (χ2v) is 5.60. The van der Waals surface area contributed by atoms with Crippen LogP contribution < -0.4 is 5.48 Å². The quantitative estimate of drug-likeness (QED) is 0.500. The second kappa shape index (κ2) is 6.64. The number of nitrogens with one attached hydrogen (secondary N) is 1. The topological polar surface area (TPSA) is 86.7 Å². The number of rotatable bonds is 5. The highest BCUT2D eigenvalue weighted by Crippen LogP contribution is 2.26. The number of aryl methyl sites for hydroxylation is 1. The maximum atomic E-state index is 12.5. The number of imide groups is 1. The molecule has 6 heteroatoms. The van der Waals surface area contributed by atoms with E-state index in [1.165, 1.54) is 4.90 Å². The molecule has 3 amide bonds. The predicted octanol–water partition coefficient (Wildman–Crippen LogP) is 1.92. The van der Waals surface area contributed by atoms with Gasteiger partial charge in [-0.1, -0.05) is 36.4 Å². The number of carbonyl (C=O) groups is 3. The fourth-order valence-corrected chi connectivity index (χ4v) is 2.72. The second-order valence-electron chi connectivity index (χ2n) is 5.60. The van der Waals surface area contributed by atoms with Gasteiger partial charge in [-0.25, -0.2) is 5.48 Å². The van der Waals surface area contributed by atoms with Crippen LogP contribution in [0.4, 0.5) is 0 Å². The predicted molar refractivity (Wildman–Crippen MR) is 85.3 cm³/mol. The molecule has 0 radical (unpaired) electrons. The largest absolute Gasteiger partial charge is 0.289 e. The molecule has 2 aromatic rings. The van der Waals surface area contributed by atoms with Crippen molar-refractivity contribution < 1.29 is 19.6 Å². The molecule has 0 bridgehead atoms. The molecule has 0 unspecified atom stereocenters. The molecule has 2 aromatic carbocycles. The zero-order chi connectivity index (χ0) is 17.1. The van der Waals surface area contributed by atoms with E-state index >= 15 is 0 Å². The number of fused-ring (bicyclic) bond motifs is 1. The van der Waals surface area contributed by atoms with Gasteiger partial charge in [-0.05, 0) is 29.7 Å². The standard InChI is InChI=1S/C18H16N2O4/c21-16(19-24)9-7-12-6-8-14-15(10-12)18(23)20(17(14)22)11-13-4-2-1-3-5-13/h1-6,8,10,24H,7,9,11H2,(H,19,21). The average molecular weight is 324 g/mol. The summed E-state index contributed by atoms with van der Waals surface area (Å²) in [5.41, 5.74) is 3.95. The first-order valence-corrected chi connectivity index (χ1v) is 7.56. The molecule has 0 aromatic heterocycles. The molecule has 2 N–H and O–H groups in total. The Morgan fingerprint density at radius 2 is 1.67 bits per heavy atom. The molecule has 0 saturated carbocycles.